The Hall–Kier alpha value is -3.34. The molecule has 0 saturated heterocycles. The van der Waals surface area contributed by atoms with Gasteiger partial charge in [-0.1, -0.05) is 51.5 Å². The number of carboxylic acids is 1. The first-order valence-corrected chi connectivity index (χ1v) is 13.6. The molecular formula is C33H37FO4. The predicted octanol–water partition coefficient (Wildman–Crippen LogP) is 8.12. The van der Waals surface area contributed by atoms with Gasteiger partial charge in [-0.15, -0.1) is 0 Å². The largest absolute Gasteiger partial charge is 0.497 e. The lowest BCUT2D eigenvalue weighted by Crippen LogP contribution is -2.17. The van der Waals surface area contributed by atoms with E-state index in [4.69, 9.17) is 9.47 Å². The SMILES string of the molecule is COc1ccc(F)c(-c2ccc(COc3ccc4c(c3)[C@H]([C@@H](C)C(=O)O)CC4)cc2[C@H]2CCCC2(C)C)c1. The van der Waals surface area contributed by atoms with Gasteiger partial charge < -0.3 is 14.6 Å². The van der Waals surface area contributed by atoms with Crippen LogP contribution in [0.4, 0.5) is 4.39 Å². The van der Waals surface area contributed by atoms with Gasteiger partial charge in [-0.05, 0) is 101 Å². The molecule has 0 amide bonds. The van der Waals surface area contributed by atoms with E-state index in [1.807, 2.05) is 24.3 Å². The van der Waals surface area contributed by atoms with Crippen LogP contribution in [0.1, 0.15) is 80.5 Å². The highest BCUT2D eigenvalue weighted by Gasteiger charge is 2.37. The lowest BCUT2D eigenvalue weighted by Gasteiger charge is -2.30. The third kappa shape index (κ3) is 5.03. The molecule has 1 fully saturated rings. The molecule has 0 heterocycles. The minimum atomic E-state index is -0.760. The van der Waals surface area contributed by atoms with Crippen molar-refractivity contribution in [2.24, 2.45) is 11.3 Å². The molecule has 0 unspecified atom stereocenters. The number of aliphatic carboxylic acids is 1. The van der Waals surface area contributed by atoms with E-state index in [1.165, 1.54) is 11.6 Å². The molecule has 1 saturated carbocycles. The molecule has 5 rings (SSSR count). The summed E-state index contributed by atoms with van der Waals surface area (Å²) in [5.74, 6) is 0.282. The molecule has 38 heavy (non-hydrogen) atoms. The second kappa shape index (κ2) is 10.4. The van der Waals surface area contributed by atoms with Crippen molar-refractivity contribution < 1.29 is 23.8 Å². The van der Waals surface area contributed by atoms with Crippen molar-refractivity contribution in [2.45, 2.75) is 71.3 Å². The van der Waals surface area contributed by atoms with Crippen molar-refractivity contribution in [1.82, 2.24) is 0 Å². The van der Waals surface area contributed by atoms with Gasteiger partial charge in [0.2, 0.25) is 0 Å². The predicted molar refractivity (Wildman–Crippen MR) is 147 cm³/mol. The van der Waals surface area contributed by atoms with Gasteiger partial charge >= 0.3 is 5.97 Å². The smallest absolute Gasteiger partial charge is 0.306 e. The first-order valence-electron chi connectivity index (χ1n) is 13.6. The molecule has 0 aromatic heterocycles. The topological polar surface area (TPSA) is 55.8 Å². The summed E-state index contributed by atoms with van der Waals surface area (Å²) < 4.78 is 26.7. The van der Waals surface area contributed by atoms with Gasteiger partial charge in [0.15, 0.2) is 0 Å². The lowest BCUT2D eigenvalue weighted by atomic mass is 9.75. The maximum atomic E-state index is 15.1. The lowest BCUT2D eigenvalue weighted by molar-refractivity contribution is -0.141. The summed E-state index contributed by atoms with van der Waals surface area (Å²) in [6.45, 7) is 6.78. The third-order valence-electron chi connectivity index (χ3n) is 8.85. The molecule has 3 aromatic carbocycles. The van der Waals surface area contributed by atoms with Gasteiger partial charge in [0, 0.05) is 5.56 Å². The fourth-order valence-electron chi connectivity index (χ4n) is 6.54. The monoisotopic (exact) mass is 516 g/mol. The summed E-state index contributed by atoms with van der Waals surface area (Å²) in [6.07, 6.45) is 5.13. The van der Waals surface area contributed by atoms with Gasteiger partial charge in [-0.3, -0.25) is 4.79 Å². The van der Waals surface area contributed by atoms with Crippen LogP contribution in [0.2, 0.25) is 0 Å². The van der Waals surface area contributed by atoms with Crippen molar-refractivity contribution in [3.8, 4) is 22.6 Å². The number of benzene rings is 3. The summed E-state index contributed by atoms with van der Waals surface area (Å²) in [5.41, 5.74) is 6.09. The molecule has 0 bridgehead atoms. The molecule has 0 spiro atoms. The third-order valence-corrected chi connectivity index (χ3v) is 8.85. The minimum absolute atomic E-state index is 0.0132. The van der Waals surface area contributed by atoms with Crippen molar-refractivity contribution in [3.63, 3.8) is 0 Å². The second-order valence-corrected chi connectivity index (χ2v) is 11.6. The normalized spacial score (nSPS) is 20.7. The summed E-state index contributed by atoms with van der Waals surface area (Å²) in [4.78, 5) is 11.6. The Balaban J connectivity index is 1.45. The fourth-order valence-corrected chi connectivity index (χ4v) is 6.54. The average molecular weight is 517 g/mol. The molecule has 2 aliphatic carbocycles. The van der Waals surface area contributed by atoms with E-state index in [0.29, 0.717) is 23.8 Å². The number of hydrogen-bond donors (Lipinski definition) is 1. The second-order valence-electron chi connectivity index (χ2n) is 11.6. The molecule has 2 aliphatic rings. The summed E-state index contributed by atoms with van der Waals surface area (Å²) in [7, 11) is 1.60. The zero-order chi connectivity index (χ0) is 27.0. The number of ether oxygens (including phenoxy) is 2. The highest BCUT2D eigenvalue weighted by molar-refractivity contribution is 5.72. The number of fused-ring (bicyclic) bond motifs is 1. The highest BCUT2D eigenvalue weighted by atomic mass is 19.1. The number of carboxylic acid groups (broad SMARTS) is 1. The van der Waals surface area contributed by atoms with Crippen LogP contribution in [-0.4, -0.2) is 18.2 Å². The van der Waals surface area contributed by atoms with Crippen molar-refractivity contribution in [3.05, 3.63) is 82.7 Å². The Morgan fingerprint density at radius 2 is 1.82 bits per heavy atom. The highest BCUT2D eigenvalue weighted by Crippen LogP contribution is 2.51. The molecular weight excluding hydrogens is 479 g/mol. The van der Waals surface area contributed by atoms with Crippen LogP contribution in [0.3, 0.4) is 0 Å². The van der Waals surface area contributed by atoms with Crippen LogP contribution in [-0.2, 0) is 17.8 Å². The number of halogens is 1. The Kier molecular flexibility index (Phi) is 7.21. The van der Waals surface area contributed by atoms with E-state index in [-0.39, 0.29) is 17.2 Å². The average Bonchev–Trinajstić information content (AvgIpc) is 3.49. The number of methoxy groups -OCH3 is 1. The Bertz CT molecular complexity index is 1340. The Morgan fingerprint density at radius 3 is 2.53 bits per heavy atom. The van der Waals surface area contributed by atoms with Gasteiger partial charge in [0.05, 0.1) is 13.0 Å². The quantitative estimate of drug-likeness (QED) is 0.328. The van der Waals surface area contributed by atoms with E-state index in [0.717, 1.165) is 60.1 Å². The summed E-state index contributed by atoms with van der Waals surface area (Å²) in [6, 6.07) is 17.2. The summed E-state index contributed by atoms with van der Waals surface area (Å²) >= 11 is 0. The van der Waals surface area contributed by atoms with Crippen LogP contribution in [0.25, 0.3) is 11.1 Å². The standard InChI is InChI=1S/C33H37FO4/c1-20(32(35)36)25-13-9-22-8-10-24(18-27(22)25)38-19-21-7-12-26(29-17-23(37-4)11-14-31(29)34)28(16-21)30-6-5-15-33(30,2)3/h7-8,10-12,14,16-18,20,25,30H,5-6,9,13,15,19H2,1-4H3,(H,35,36)/t20-,25+,30-/m1/s1. The zero-order valence-corrected chi connectivity index (χ0v) is 22.7. The van der Waals surface area contributed by atoms with E-state index in [9.17, 15) is 9.90 Å². The molecule has 0 radical (unpaired) electrons. The number of carbonyl (C=O) groups is 1. The maximum Gasteiger partial charge on any atom is 0.306 e. The van der Waals surface area contributed by atoms with Crippen LogP contribution in [0, 0.1) is 17.2 Å². The molecule has 1 N–H and O–H groups in total. The van der Waals surface area contributed by atoms with Gasteiger partial charge in [0.25, 0.3) is 0 Å². The number of aryl methyl sites for hydroxylation is 1. The van der Waals surface area contributed by atoms with E-state index < -0.39 is 11.9 Å². The van der Waals surface area contributed by atoms with E-state index in [2.05, 4.69) is 26.0 Å². The van der Waals surface area contributed by atoms with Gasteiger partial charge in [0.1, 0.15) is 23.9 Å². The zero-order valence-electron chi connectivity index (χ0n) is 22.7. The molecule has 4 nitrogen and oxygen atoms in total. The van der Waals surface area contributed by atoms with Crippen LogP contribution in [0.5, 0.6) is 11.5 Å². The Labute approximate surface area is 224 Å². The van der Waals surface area contributed by atoms with E-state index in [1.54, 1.807) is 26.2 Å². The summed E-state index contributed by atoms with van der Waals surface area (Å²) in [5, 5.41) is 9.53. The molecule has 3 aromatic rings. The van der Waals surface area contributed by atoms with Crippen LogP contribution in [0.15, 0.2) is 54.6 Å². The maximum absolute atomic E-state index is 15.1. The number of hydrogen-bond acceptors (Lipinski definition) is 3. The number of rotatable bonds is 8. The van der Waals surface area contributed by atoms with Crippen LogP contribution >= 0.6 is 0 Å². The Morgan fingerprint density at radius 1 is 1.03 bits per heavy atom. The molecule has 5 heteroatoms. The minimum Gasteiger partial charge on any atom is -0.497 e. The van der Waals surface area contributed by atoms with Gasteiger partial charge in [-0.2, -0.15) is 0 Å². The van der Waals surface area contributed by atoms with Crippen molar-refractivity contribution >= 4 is 5.97 Å². The van der Waals surface area contributed by atoms with Crippen molar-refractivity contribution in [1.29, 1.82) is 0 Å². The fraction of sp³-hybridized carbons (Fsp3) is 0.424. The van der Waals surface area contributed by atoms with Crippen molar-refractivity contribution in [2.75, 3.05) is 7.11 Å². The molecule has 200 valence electrons. The molecule has 0 aliphatic heterocycles. The molecule has 3 atom stereocenters. The first-order chi connectivity index (χ1) is 18.2. The van der Waals surface area contributed by atoms with Gasteiger partial charge in [-0.25, -0.2) is 4.39 Å². The first kappa shape index (κ1) is 26.3. The van der Waals surface area contributed by atoms with E-state index >= 15 is 4.39 Å². The van der Waals surface area contributed by atoms with Crippen LogP contribution < -0.4 is 9.47 Å².